The van der Waals surface area contributed by atoms with Crippen LogP contribution in [0, 0.1) is 0 Å². The first-order chi connectivity index (χ1) is 15.8. The van der Waals surface area contributed by atoms with Gasteiger partial charge in [-0.3, -0.25) is 4.79 Å². The van der Waals surface area contributed by atoms with Crippen LogP contribution in [0.5, 0.6) is 0 Å². The second-order valence-electron chi connectivity index (χ2n) is 9.23. The molecule has 176 valence electrons. The fraction of sp³-hybridized carbons (Fsp3) is 0.458. The Hall–Kier alpha value is -2.68. The molecule has 33 heavy (non-hydrogen) atoms. The van der Waals surface area contributed by atoms with Gasteiger partial charge in [0.15, 0.2) is 0 Å². The Kier molecular flexibility index (Phi) is 7.17. The van der Waals surface area contributed by atoms with Gasteiger partial charge in [0.05, 0.1) is 11.4 Å². The number of anilines is 1. The molecule has 0 aliphatic carbocycles. The number of nitrogens with two attached hydrogens (primary N) is 1. The van der Waals surface area contributed by atoms with Crippen LogP contribution in [0.4, 0.5) is 5.82 Å². The summed E-state index contributed by atoms with van der Waals surface area (Å²) in [6.07, 6.45) is 6.01. The second kappa shape index (κ2) is 10.1. The number of nitrogens with zero attached hydrogens (tertiary/aromatic N) is 4. The predicted molar refractivity (Wildman–Crippen MR) is 132 cm³/mol. The number of nitrogens with one attached hydrogen (secondary N) is 2. The zero-order valence-electron chi connectivity index (χ0n) is 19.2. The lowest BCUT2D eigenvalue weighted by molar-refractivity contribution is -0.123. The zero-order valence-corrected chi connectivity index (χ0v) is 20.0. The van der Waals surface area contributed by atoms with Gasteiger partial charge in [0.2, 0.25) is 5.91 Å². The van der Waals surface area contributed by atoms with Crippen LogP contribution in [0.2, 0.25) is 5.02 Å². The van der Waals surface area contributed by atoms with E-state index < -0.39 is 5.54 Å². The van der Waals surface area contributed by atoms with Gasteiger partial charge in [0.25, 0.3) is 0 Å². The number of halogens is 1. The highest BCUT2D eigenvalue weighted by Gasteiger charge is 2.34. The number of benzene rings is 1. The van der Waals surface area contributed by atoms with Gasteiger partial charge < -0.3 is 25.8 Å². The van der Waals surface area contributed by atoms with Crippen LogP contribution in [0.15, 0.2) is 42.9 Å². The molecule has 0 saturated carbocycles. The first-order valence-corrected chi connectivity index (χ1v) is 11.7. The molecule has 4 rings (SSSR count). The lowest BCUT2D eigenvalue weighted by Gasteiger charge is -2.39. The van der Waals surface area contributed by atoms with Crippen LogP contribution < -0.4 is 16.0 Å². The molecule has 1 aromatic carbocycles. The maximum absolute atomic E-state index is 13.0. The smallest absolute Gasteiger partial charge is 0.222 e. The Morgan fingerprint density at radius 1 is 1.24 bits per heavy atom. The molecule has 4 N–H and O–H groups in total. The van der Waals surface area contributed by atoms with Crippen molar-refractivity contribution in [3.63, 3.8) is 0 Å². The summed E-state index contributed by atoms with van der Waals surface area (Å²) >= 11 is 6.05. The lowest BCUT2D eigenvalue weighted by Crippen LogP contribution is -2.53. The number of aromatic amines is 1. The van der Waals surface area contributed by atoms with Gasteiger partial charge in [-0.15, -0.1) is 0 Å². The summed E-state index contributed by atoms with van der Waals surface area (Å²) in [5.41, 5.74) is 8.05. The van der Waals surface area contributed by atoms with Crippen molar-refractivity contribution in [2.45, 2.75) is 37.3 Å². The summed E-state index contributed by atoms with van der Waals surface area (Å²) in [5, 5.41) is 4.91. The molecule has 3 aromatic rings. The molecule has 0 unspecified atom stereocenters. The molecule has 1 atom stereocenters. The van der Waals surface area contributed by atoms with Gasteiger partial charge in [-0.1, -0.05) is 23.7 Å². The van der Waals surface area contributed by atoms with Crippen molar-refractivity contribution < 1.29 is 4.79 Å². The highest BCUT2D eigenvalue weighted by Crippen LogP contribution is 2.30. The van der Waals surface area contributed by atoms with E-state index in [0.29, 0.717) is 11.4 Å². The molecule has 1 aliphatic heterocycles. The van der Waals surface area contributed by atoms with Crippen molar-refractivity contribution in [2.75, 3.05) is 38.6 Å². The Morgan fingerprint density at radius 2 is 1.97 bits per heavy atom. The normalized spacial score (nSPS) is 16.8. The third-order valence-corrected chi connectivity index (χ3v) is 6.63. The van der Waals surface area contributed by atoms with Crippen LogP contribution >= 0.6 is 11.6 Å². The summed E-state index contributed by atoms with van der Waals surface area (Å²) in [6.45, 7) is 2.37. The van der Waals surface area contributed by atoms with E-state index in [4.69, 9.17) is 17.3 Å². The van der Waals surface area contributed by atoms with Crippen molar-refractivity contribution in [1.82, 2.24) is 25.2 Å². The quantitative estimate of drug-likeness (QED) is 0.468. The average Bonchev–Trinajstić information content (AvgIpc) is 3.26. The minimum atomic E-state index is -0.531. The molecular weight excluding hydrogens is 438 g/mol. The molecule has 1 saturated heterocycles. The first-order valence-electron chi connectivity index (χ1n) is 11.3. The minimum Gasteiger partial charge on any atom is -0.356 e. The van der Waals surface area contributed by atoms with Gasteiger partial charge in [0.1, 0.15) is 17.8 Å². The lowest BCUT2D eigenvalue weighted by atomic mass is 9.85. The Bertz CT molecular complexity index is 1070. The standard InChI is InChI=1S/C24H32ClN7O/c1-31(2)12-8-20(17-3-5-18(25)6-4-17)30-21(33)15-24(26)9-13-32(14-10-24)23-19-7-11-27-22(19)28-16-29-23/h3-7,11,16,20H,8-10,12-15,26H2,1-2H3,(H,30,33)(H,27,28,29)/t20-/m0/s1. The predicted octanol–water partition coefficient (Wildman–Crippen LogP) is 3.11. The van der Waals surface area contributed by atoms with Gasteiger partial charge in [-0.25, -0.2) is 9.97 Å². The largest absolute Gasteiger partial charge is 0.356 e. The summed E-state index contributed by atoms with van der Waals surface area (Å²) in [4.78, 5) is 29.3. The summed E-state index contributed by atoms with van der Waals surface area (Å²) in [5.74, 6) is 0.902. The average molecular weight is 470 g/mol. The molecule has 3 heterocycles. The van der Waals surface area contributed by atoms with Gasteiger partial charge in [-0.05, 0) is 63.7 Å². The maximum Gasteiger partial charge on any atom is 0.222 e. The van der Waals surface area contributed by atoms with Gasteiger partial charge in [0, 0.05) is 36.3 Å². The second-order valence-corrected chi connectivity index (χ2v) is 9.66. The molecule has 0 bridgehead atoms. The third-order valence-electron chi connectivity index (χ3n) is 6.38. The number of carbonyl (C=O) groups is 1. The Balaban J connectivity index is 1.37. The number of hydrogen-bond donors (Lipinski definition) is 3. The fourth-order valence-corrected chi connectivity index (χ4v) is 4.55. The molecule has 9 heteroatoms. The number of piperidine rings is 1. The Labute approximate surface area is 199 Å². The number of hydrogen-bond acceptors (Lipinski definition) is 6. The number of H-pyrrole nitrogens is 1. The third kappa shape index (κ3) is 5.82. The number of fused-ring (bicyclic) bond motifs is 1. The van der Waals surface area contributed by atoms with Crippen molar-refractivity contribution >= 4 is 34.4 Å². The van der Waals surface area contributed by atoms with Crippen molar-refractivity contribution in [1.29, 1.82) is 0 Å². The topological polar surface area (TPSA) is 103 Å². The van der Waals surface area contributed by atoms with E-state index in [2.05, 4.69) is 30.1 Å². The highest BCUT2D eigenvalue weighted by molar-refractivity contribution is 6.30. The van der Waals surface area contributed by atoms with E-state index in [0.717, 1.165) is 61.3 Å². The number of carbonyl (C=O) groups excluding carboxylic acids is 1. The number of amides is 1. The molecule has 1 amide bonds. The Morgan fingerprint density at radius 3 is 2.67 bits per heavy atom. The number of rotatable bonds is 8. The van der Waals surface area contributed by atoms with Crippen molar-refractivity contribution in [2.24, 2.45) is 5.73 Å². The first kappa shape index (κ1) is 23.5. The van der Waals surface area contributed by atoms with Crippen LogP contribution in [-0.4, -0.2) is 65.0 Å². The zero-order chi connectivity index (χ0) is 23.4. The summed E-state index contributed by atoms with van der Waals surface area (Å²) < 4.78 is 0. The van der Waals surface area contributed by atoms with E-state index >= 15 is 0 Å². The van der Waals surface area contributed by atoms with Gasteiger partial charge >= 0.3 is 0 Å². The maximum atomic E-state index is 13.0. The van der Waals surface area contributed by atoms with E-state index in [1.165, 1.54) is 0 Å². The summed E-state index contributed by atoms with van der Waals surface area (Å²) in [7, 11) is 4.06. The van der Waals surface area contributed by atoms with Crippen LogP contribution in [0.3, 0.4) is 0 Å². The monoisotopic (exact) mass is 469 g/mol. The van der Waals surface area contributed by atoms with Crippen LogP contribution in [0.25, 0.3) is 11.0 Å². The van der Waals surface area contributed by atoms with Gasteiger partial charge in [-0.2, -0.15) is 0 Å². The van der Waals surface area contributed by atoms with Crippen LogP contribution in [-0.2, 0) is 4.79 Å². The molecule has 2 aromatic heterocycles. The molecule has 8 nitrogen and oxygen atoms in total. The van der Waals surface area contributed by atoms with E-state index in [1.807, 2.05) is 50.6 Å². The van der Waals surface area contributed by atoms with E-state index in [-0.39, 0.29) is 11.9 Å². The molecule has 1 aliphatic rings. The highest BCUT2D eigenvalue weighted by atomic mass is 35.5. The van der Waals surface area contributed by atoms with Crippen molar-refractivity contribution in [3.05, 3.63) is 53.4 Å². The fourth-order valence-electron chi connectivity index (χ4n) is 4.42. The molecular formula is C24H32ClN7O. The summed E-state index contributed by atoms with van der Waals surface area (Å²) in [6, 6.07) is 9.59. The van der Waals surface area contributed by atoms with Crippen LogP contribution in [0.1, 0.15) is 37.3 Å². The molecule has 0 spiro atoms. The SMILES string of the molecule is CN(C)CC[C@H](NC(=O)CC1(N)CCN(c2ncnc3[nH]ccc23)CC1)c1ccc(Cl)cc1. The number of aromatic nitrogens is 3. The van der Waals surface area contributed by atoms with E-state index in [1.54, 1.807) is 6.33 Å². The van der Waals surface area contributed by atoms with Crippen molar-refractivity contribution in [3.8, 4) is 0 Å². The molecule has 1 fully saturated rings. The molecule has 0 radical (unpaired) electrons. The minimum absolute atomic E-state index is 0.0142. The van der Waals surface area contributed by atoms with E-state index in [9.17, 15) is 4.79 Å².